The average Bonchev–Trinajstić information content (AvgIpc) is 3.22. The van der Waals surface area contributed by atoms with Crippen LogP contribution < -0.4 is 10.5 Å². The van der Waals surface area contributed by atoms with Crippen LogP contribution in [0.15, 0.2) is 79.1 Å². The van der Waals surface area contributed by atoms with Crippen LogP contribution >= 0.6 is 0 Å². The number of hydrogen-bond donors (Lipinski definition) is 2. The van der Waals surface area contributed by atoms with Crippen molar-refractivity contribution in [3.05, 3.63) is 79.1 Å². The van der Waals surface area contributed by atoms with E-state index in [2.05, 4.69) is 17.1 Å². The Morgan fingerprint density at radius 3 is 2.55 bits per heavy atom. The zero-order valence-corrected chi connectivity index (χ0v) is 16.9. The number of phenols is 1. The van der Waals surface area contributed by atoms with Gasteiger partial charge in [0.25, 0.3) is 0 Å². The normalized spacial score (nSPS) is 11.3. The predicted octanol–water partition coefficient (Wildman–Crippen LogP) is 4.67. The van der Waals surface area contributed by atoms with Gasteiger partial charge in [-0.1, -0.05) is 18.2 Å². The fraction of sp³-hybridized carbons (Fsp3) is 0.120. The van der Waals surface area contributed by atoms with E-state index in [9.17, 15) is 5.11 Å². The van der Waals surface area contributed by atoms with E-state index >= 15 is 0 Å². The Bertz CT molecular complexity index is 1360. The molecule has 5 aromatic rings. The number of aromatic hydroxyl groups is 1. The van der Waals surface area contributed by atoms with E-state index in [0.29, 0.717) is 13.2 Å². The Hall–Kier alpha value is -3.90. The molecule has 0 bridgehead atoms. The summed E-state index contributed by atoms with van der Waals surface area (Å²) in [5, 5.41) is 10.6. The predicted molar refractivity (Wildman–Crippen MR) is 123 cm³/mol. The van der Waals surface area contributed by atoms with E-state index in [4.69, 9.17) is 15.5 Å². The topological polar surface area (TPSA) is 86.2 Å². The number of benzene rings is 3. The van der Waals surface area contributed by atoms with Gasteiger partial charge < -0.3 is 15.6 Å². The molecule has 0 fully saturated rings. The molecule has 5 rings (SSSR count). The van der Waals surface area contributed by atoms with Crippen molar-refractivity contribution in [3.8, 4) is 28.4 Å². The fourth-order valence-corrected chi connectivity index (χ4v) is 3.62. The molecule has 0 aliphatic rings. The van der Waals surface area contributed by atoms with Crippen molar-refractivity contribution in [2.45, 2.75) is 6.42 Å². The zero-order chi connectivity index (χ0) is 21.2. The molecule has 2 aromatic heterocycles. The molecule has 6 nitrogen and oxygen atoms in total. The summed E-state index contributed by atoms with van der Waals surface area (Å²) in [5.41, 5.74) is 10.4. The number of imidazole rings is 1. The second-order valence-corrected chi connectivity index (χ2v) is 7.38. The summed E-state index contributed by atoms with van der Waals surface area (Å²) in [7, 11) is 0. The highest BCUT2D eigenvalue weighted by Crippen LogP contribution is 2.27. The first-order chi connectivity index (χ1) is 15.2. The summed E-state index contributed by atoms with van der Waals surface area (Å²) < 4.78 is 7.70. The molecule has 0 radical (unpaired) electrons. The van der Waals surface area contributed by atoms with Gasteiger partial charge in [0, 0.05) is 11.5 Å². The van der Waals surface area contributed by atoms with Crippen LogP contribution in [0, 0.1) is 0 Å². The number of pyridine rings is 1. The number of fused-ring (bicyclic) bond motifs is 2. The van der Waals surface area contributed by atoms with E-state index in [1.807, 2.05) is 53.1 Å². The molecule has 2 heterocycles. The van der Waals surface area contributed by atoms with Crippen LogP contribution in [0.1, 0.15) is 6.42 Å². The van der Waals surface area contributed by atoms with Crippen LogP contribution in [-0.2, 0) is 0 Å². The zero-order valence-electron chi connectivity index (χ0n) is 16.9. The molecule has 0 atom stereocenters. The average molecular weight is 410 g/mol. The highest BCUT2D eigenvalue weighted by molar-refractivity contribution is 5.86. The lowest BCUT2D eigenvalue weighted by Crippen LogP contribution is -2.06. The molecule has 0 amide bonds. The summed E-state index contributed by atoms with van der Waals surface area (Å²) in [6.07, 6.45) is 2.61. The largest absolute Gasteiger partial charge is 0.508 e. The molecule has 0 aliphatic heterocycles. The molecule has 3 N–H and O–H groups in total. The molecule has 0 saturated heterocycles. The van der Waals surface area contributed by atoms with Crippen molar-refractivity contribution < 1.29 is 9.84 Å². The Labute approximate surface area is 179 Å². The third-order valence-corrected chi connectivity index (χ3v) is 5.26. The van der Waals surface area contributed by atoms with Gasteiger partial charge in [0.2, 0.25) is 0 Å². The van der Waals surface area contributed by atoms with Crippen LogP contribution in [0.25, 0.3) is 38.9 Å². The van der Waals surface area contributed by atoms with Crippen LogP contribution in [0.4, 0.5) is 0 Å². The number of nitrogens with zero attached hydrogens (tertiary/aromatic N) is 3. The number of nitrogens with two attached hydrogens (primary N) is 1. The Morgan fingerprint density at radius 2 is 1.71 bits per heavy atom. The summed E-state index contributed by atoms with van der Waals surface area (Å²) >= 11 is 0. The number of hydrogen-bond acceptors (Lipinski definition) is 5. The summed E-state index contributed by atoms with van der Waals surface area (Å²) in [6.45, 7) is 1.21. The number of rotatable bonds is 6. The van der Waals surface area contributed by atoms with Crippen molar-refractivity contribution in [3.63, 3.8) is 0 Å². The summed E-state index contributed by atoms with van der Waals surface area (Å²) in [6, 6.07) is 23.3. The first-order valence-electron chi connectivity index (χ1n) is 10.2. The Morgan fingerprint density at radius 1 is 0.871 bits per heavy atom. The van der Waals surface area contributed by atoms with Crippen molar-refractivity contribution in [1.82, 2.24) is 14.5 Å². The number of aromatic nitrogens is 3. The lowest BCUT2D eigenvalue weighted by atomic mass is 10.0. The van der Waals surface area contributed by atoms with Crippen molar-refractivity contribution in [2.24, 2.45) is 5.73 Å². The molecule has 154 valence electrons. The molecular formula is C25H22N4O2. The van der Waals surface area contributed by atoms with E-state index in [0.717, 1.165) is 51.1 Å². The number of ether oxygens (including phenoxy) is 1. The fourth-order valence-electron chi connectivity index (χ4n) is 3.62. The number of phenolic OH excluding ortho intramolecular Hbond substituents is 1. The lowest BCUT2D eigenvalue weighted by molar-refractivity contribution is 0.314. The van der Waals surface area contributed by atoms with Crippen molar-refractivity contribution >= 4 is 21.9 Å². The third kappa shape index (κ3) is 3.81. The van der Waals surface area contributed by atoms with Gasteiger partial charge in [0.1, 0.15) is 23.6 Å². The minimum atomic E-state index is 0.262. The summed E-state index contributed by atoms with van der Waals surface area (Å²) in [5.74, 6) is 1.86. The molecule has 0 spiro atoms. The van der Waals surface area contributed by atoms with E-state index in [-0.39, 0.29) is 5.75 Å². The van der Waals surface area contributed by atoms with Crippen molar-refractivity contribution in [2.75, 3.05) is 13.2 Å². The second-order valence-electron chi connectivity index (χ2n) is 7.38. The van der Waals surface area contributed by atoms with Gasteiger partial charge in [-0.05, 0) is 72.6 Å². The minimum absolute atomic E-state index is 0.262. The molecule has 31 heavy (non-hydrogen) atoms. The quantitative estimate of drug-likeness (QED) is 0.397. The maximum absolute atomic E-state index is 9.51. The van der Waals surface area contributed by atoms with Crippen LogP contribution in [0.5, 0.6) is 11.5 Å². The first-order valence-corrected chi connectivity index (χ1v) is 10.2. The van der Waals surface area contributed by atoms with Gasteiger partial charge in [-0.3, -0.25) is 4.57 Å². The standard InChI is InChI=1S/C25H22N4O2/c26-12-1-13-31-21-8-10-24-23(15-21)27-16-29(24)25-11-5-19-14-18(4-9-22(19)28-25)17-2-6-20(30)7-3-17/h2-11,14-16,30H,1,12-13,26H2. The van der Waals surface area contributed by atoms with Gasteiger partial charge in [0.05, 0.1) is 23.2 Å². The van der Waals surface area contributed by atoms with E-state index in [1.165, 1.54) is 0 Å². The SMILES string of the molecule is NCCCOc1ccc2c(c1)ncn2-c1ccc2cc(-c3ccc(O)cc3)ccc2n1. The lowest BCUT2D eigenvalue weighted by Gasteiger charge is -2.08. The first kappa shape index (κ1) is 19.1. The van der Waals surface area contributed by atoms with Gasteiger partial charge >= 0.3 is 0 Å². The van der Waals surface area contributed by atoms with Crippen LogP contribution in [-0.4, -0.2) is 32.8 Å². The smallest absolute Gasteiger partial charge is 0.139 e. The summed E-state index contributed by atoms with van der Waals surface area (Å²) in [4.78, 5) is 9.36. The molecular weight excluding hydrogens is 388 g/mol. The van der Waals surface area contributed by atoms with Gasteiger partial charge in [-0.25, -0.2) is 9.97 Å². The molecule has 0 aliphatic carbocycles. The van der Waals surface area contributed by atoms with Gasteiger partial charge in [-0.15, -0.1) is 0 Å². The molecule has 3 aromatic carbocycles. The highest BCUT2D eigenvalue weighted by Gasteiger charge is 2.09. The maximum atomic E-state index is 9.51. The van der Waals surface area contributed by atoms with E-state index < -0.39 is 0 Å². The Balaban J connectivity index is 1.46. The highest BCUT2D eigenvalue weighted by atomic mass is 16.5. The van der Waals surface area contributed by atoms with Crippen LogP contribution in [0.3, 0.4) is 0 Å². The minimum Gasteiger partial charge on any atom is -0.508 e. The molecule has 0 saturated carbocycles. The Kier molecular flexibility index (Phi) is 4.98. The molecule has 6 heteroatoms. The van der Waals surface area contributed by atoms with Crippen molar-refractivity contribution in [1.29, 1.82) is 0 Å². The maximum Gasteiger partial charge on any atom is 0.139 e. The monoisotopic (exact) mass is 410 g/mol. The van der Waals surface area contributed by atoms with Crippen LogP contribution in [0.2, 0.25) is 0 Å². The van der Waals surface area contributed by atoms with Gasteiger partial charge in [0.15, 0.2) is 0 Å². The third-order valence-electron chi connectivity index (χ3n) is 5.26. The van der Waals surface area contributed by atoms with E-state index in [1.54, 1.807) is 18.5 Å². The molecule has 0 unspecified atom stereocenters. The van der Waals surface area contributed by atoms with Gasteiger partial charge in [-0.2, -0.15) is 0 Å². The second kappa shape index (κ2) is 8.08.